The molecule has 1 amide bonds. The maximum absolute atomic E-state index is 11.6. The summed E-state index contributed by atoms with van der Waals surface area (Å²) in [5, 5.41) is 4.26. The summed E-state index contributed by atoms with van der Waals surface area (Å²) in [5.74, 6) is -0.0486. The molecule has 0 radical (unpaired) electrons. The number of hydrogen-bond acceptors (Lipinski definition) is 2. The molecule has 0 bridgehead atoms. The van der Waals surface area contributed by atoms with Crippen LogP contribution < -0.4 is 0 Å². The predicted octanol–water partition coefficient (Wildman–Crippen LogP) is 1.47. The van der Waals surface area contributed by atoms with E-state index >= 15 is 0 Å². The highest BCUT2D eigenvalue weighted by Crippen LogP contribution is 2.10. The van der Waals surface area contributed by atoms with E-state index in [4.69, 9.17) is 0 Å². The third-order valence-corrected chi connectivity index (χ3v) is 2.04. The van der Waals surface area contributed by atoms with Gasteiger partial charge in [-0.1, -0.05) is 0 Å². The quantitative estimate of drug-likeness (QED) is 0.716. The van der Waals surface area contributed by atoms with E-state index < -0.39 is 0 Å². The van der Waals surface area contributed by atoms with Gasteiger partial charge in [-0.3, -0.25) is 9.48 Å². The Morgan fingerprint density at radius 2 is 2.07 bits per heavy atom. The topological polar surface area (TPSA) is 38.1 Å². The van der Waals surface area contributed by atoms with Gasteiger partial charge in [0.05, 0.1) is 0 Å². The van der Waals surface area contributed by atoms with Crippen molar-refractivity contribution in [1.82, 2.24) is 14.7 Å². The normalized spacial score (nSPS) is 10.7. The largest absolute Gasteiger partial charge is 0.343 e. The van der Waals surface area contributed by atoms with Crippen LogP contribution in [0.25, 0.3) is 0 Å². The van der Waals surface area contributed by atoms with Crippen LogP contribution in [0.1, 0.15) is 36.1 Å². The molecule has 0 unspecified atom stereocenters. The van der Waals surface area contributed by atoms with E-state index in [1.807, 2.05) is 31.5 Å². The second-order valence-electron chi connectivity index (χ2n) is 3.91. The Hall–Kier alpha value is -1.32. The standard InChI is InChI=1S/C10H17N3O/c1-7(2)13-8(3)6-9(11-13)10(14)12(4)5/h6-7H,1-5H3. The summed E-state index contributed by atoms with van der Waals surface area (Å²) in [7, 11) is 3.46. The number of hydrogen-bond donors (Lipinski definition) is 0. The summed E-state index contributed by atoms with van der Waals surface area (Å²) in [6.07, 6.45) is 0. The predicted molar refractivity (Wildman–Crippen MR) is 55.4 cm³/mol. The van der Waals surface area contributed by atoms with E-state index in [2.05, 4.69) is 5.10 Å². The molecule has 4 heteroatoms. The third-order valence-electron chi connectivity index (χ3n) is 2.04. The van der Waals surface area contributed by atoms with Crippen molar-refractivity contribution in [2.24, 2.45) is 0 Å². The lowest BCUT2D eigenvalue weighted by Crippen LogP contribution is -2.22. The van der Waals surface area contributed by atoms with Crippen molar-refractivity contribution in [3.05, 3.63) is 17.5 Å². The third kappa shape index (κ3) is 1.95. The van der Waals surface area contributed by atoms with Crippen molar-refractivity contribution in [2.45, 2.75) is 26.8 Å². The zero-order chi connectivity index (χ0) is 10.9. The van der Waals surface area contributed by atoms with Gasteiger partial charge in [0, 0.05) is 25.8 Å². The molecule has 0 atom stereocenters. The molecule has 0 saturated heterocycles. The van der Waals surface area contributed by atoms with Crippen LogP contribution in [0.2, 0.25) is 0 Å². The lowest BCUT2D eigenvalue weighted by molar-refractivity contribution is 0.0821. The van der Waals surface area contributed by atoms with E-state index in [-0.39, 0.29) is 5.91 Å². The van der Waals surface area contributed by atoms with Gasteiger partial charge in [-0.05, 0) is 26.8 Å². The average Bonchev–Trinajstić information content (AvgIpc) is 2.45. The Kier molecular flexibility index (Phi) is 2.93. The summed E-state index contributed by atoms with van der Waals surface area (Å²) < 4.78 is 1.86. The Labute approximate surface area is 84.5 Å². The summed E-state index contributed by atoms with van der Waals surface area (Å²) in [6, 6.07) is 2.11. The van der Waals surface area contributed by atoms with Gasteiger partial charge in [0.25, 0.3) is 5.91 Å². The first kappa shape index (κ1) is 10.8. The highest BCUT2D eigenvalue weighted by atomic mass is 16.2. The fourth-order valence-corrected chi connectivity index (χ4v) is 1.34. The van der Waals surface area contributed by atoms with Crippen molar-refractivity contribution in [3.63, 3.8) is 0 Å². The summed E-state index contributed by atoms with van der Waals surface area (Å²) in [5.41, 5.74) is 1.53. The van der Waals surface area contributed by atoms with Crippen LogP contribution in [0.5, 0.6) is 0 Å². The van der Waals surface area contributed by atoms with Crippen molar-refractivity contribution in [1.29, 1.82) is 0 Å². The Bertz CT molecular complexity index is 339. The van der Waals surface area contributed by atoms with Gasteiger partial charge in [0.1, 0.15) is 0 Å². The number of carbonyl (C=O) groups is 1. The van der Waals surface area contributed by atoms with Crippen LogP contribution in [0.3, 0.4) is 0 Å². The molecule has 1 aromatic heterocycles. The van der Waals surface area contributed by atoms with Crippen LogP contribution in [-0.4, -0.2) is 34.7 Å². The number of amides is 1. The van der Waals surface area contributed by atoms with Crippen LogP contribution in [0, 0.1) is 6.92 Å². The smallest absolute Gasteiger partial charge is 0.273 e. The second-order valence-corrected chi connectivity index (χ2v) is 3.91. The molecule has 14 heavy (non-hydrogen) atoms. The molecule has 0 aromatic carbocycles. The van der Waals surface area contributed by atoms with Crippen LogP contribution in [-0.2, 0) is 0 Å². The fraction of sp³-hybridized carbons (Fsp3) is 0.600. The average molecular weight is 195 g/mol. The minimum absolute atomic E-state index is 0.0486. The SMILES string of the molecule is Cc1cc(C(=O)N(C)C)nn1C(C)C. The van der Waals surface area contributed by atoms with E-state index in [1.165, 1.54) is 4.90 Å². The number of rotatable bonds is 2. The Morgan fingerprint density at radius 3 is 2.43 bits per heavy atom. The lowest BCUT2D eigenvalue weighted by atomic mass is 10.3. The van der Waals surface area contributed by atoms with Gasteiger partial charge in [0.15, 0.2) is 5.69 Å². The number of carbonyl (C=O) groups excluding carboxylic acids is 1. The highest BCUT2D eigenvalue weighted by molar-refractivity contribution is 5.91. The highest BCUT2D eigenvalue weighted by Gasteiger charge is 2.14. The van der Waals surface area contributed by atoms with Crippen molar-refractivity contribution < 1.29 is 4.79 Å². The van der Waals surface area contributed by atoms with Gasteiger partial charge in [-0.15, -0.1) is 0 Å². The van der Waals surface area contributed by atoms with Gasteiger partial charge in [0.2, 0.25) is 0 Å². The minimum atomic E-state index is -0.0486. The van der Waals surface area contributed by atoms with Gasteiger partial charge in [-0.25, -0.2) is 0 Å². The van der Waals surface area contributed by atoms with E-state index in [9.17, 15) is 4.79 Å². The Morgan fingerprint density at radius 1 is 1.50 bits per heavy atom. The maximum atomic E-state index is 11.6. The van der Waals surface area contributed by atoms with E-state index in [1.54, 1.807) is 14.1 Å². The fourth-order valence-electron chi connectivity index (χ4n) is 1.34. The van der Waals surface area contributed by atoms with Crippen molar-refractivity contribution >= 4 is 5.91 Å². The molecule has 1 heterocycles. The number of aryl methyl sites for hydroxylation is 1. The Balaban J connectivity index is 3.02. The van der Waals surface area contributed by atoms with Gasteiger partial charge < -0.3 is 4.90 Å². The zero-order valence-electron chi connectivity index (χ0n) is 9.40. The van der Waals surface area contributed by atoms with Crippen molar-refractivity contribution in [2.75, 3.05) is 14.1 Å². The molecule has 0 aliphatic carbocycles. The molecule has 0 aliphatic heterocycles. The van der Waals surface area contributed by atoms with E-state index in [0.717, 1.165) is 5.69 Å². The molecule has 4 nitrogen and oxygen atoms in total. The molecule has 0 N–H and O–H groups in total. The first-order chi connectivity index (χ1) is 6.43. The maximum Gasteiger partial charge on any atom is 0.273 e. The molecule has 0 fully saturated rings. The summed E-state index contributed by atoms with van der Waals surface area (Å²) >= 11 is 0. The molecule has 0 spiro atoms. The van der Waals surface area contributed by atoms with E-state index in [0.29, 0.717) is 11.7 Å². The number of aromatic nitrogens is 2. The molecular weight excluding hydrogens is 178 g/mol. The van der Waals surface area contributed by atoms with Gasteiger partial charge >= 0.3 is 0 Å². The minimum Gasteiger partial charge on any atom is -0.343 e. The van der Waals surface area contributed by atoms with Crippen LogP contribution in [0.4, 0.5) is 0 Å². The number of nitrogens with zero attached hydrogens (tertiary/aromatic N) is 3. The summed E-state index contributed by atoms with van der Waals surface area (Å²) in [6.45, 7) is 6.05. The van der Waals surface area contributed by atoms with Crippen LogP contribution in [0.15, 0.2) is 6.07 Å². The zero-order valence-corrected chi connectivity index (χ0v) is 9.40. The molecule has 0 aliphatic rings. The van der Waals surface area contributed by atoms with Gasteiger partial charge in [-0.2, -0.15) is 5.10 Å². The first-order valence-electron chi connectivity index (χ1n) is 4.71. The van der Waals surface area contributed by atoms with Crippen molar-refractivity contribution in [3.8, 4) is 0 Å². The first-order valence-corrected chi connectivity index (χ1v) is 4.71. The van der Waals surface area contributed by atoms with Crippen LogP contribution >= 0.6 is 0 Å². The second kappa shape index (κ2) is 3.82. The molecule has 1 rings (SSSR count). The molecular formula is C10H17N3O. The molecule has 78 valence electrons. The lowest BCUT2D eigenvalue weighted by Gasteiger charge is -2.08. The molecule has 1 aromatic rings. The monoisotopic (exact) mass is 195 g/mol. The molecule has 0 saturated carbocycles. The summed E-state index contributed by atoms with van der Waals surface area (Å²) in [4.78, 5) is 13.1.